The van der Waals surface area contributed by atoms with E-state index in [0.717, 1.165) is 16.8 Å². The Morgan fingerprint density at radius 3 is 2.67 bits per heavy atom. The van der Waals surface area contributed by atoms with E-state index in [0.29, 0.717) is 0 Å². The smallest absolute Gasteiger partial charge is 0.230 e. The average Bonchev–Trinajstić information content (AvgIpc) is 2.36. The predicted molar refractivity (Wildman–Crippen MR) is 70.1 cm³/mol. The molecule has 0 bridgehead atoms. The summed E-state index contributed by atoms with van der Waals surface area (Å²) in [7, 11) is 0. The lowest BCUT2D eigenvalue weighted by atomic mass is 9.94. The molecule has 0 N–H and O–H groups in total. The minimum absolute atomic E-state index is 0.00944. The molecule has 0 aliphatic carbocycles. The van der Waals surface area contributed by atoms with Gasteiger partial charge in [0.25, 0.3) is 0 Å². The molecule has 0 spiro atoms. The molecule has 3 nitrogen and oxygen atoms in total. The first kappa shape index (κ1) is 12.4. The van der Waals surface area contributed by atoms with E-state index in [1.807, 2.05) is 51.1 Å². The van der Waals surface area contributed by atoms with E-state index in [4.69, 9.17) is 0 Å². The first-order valence-electron chi connectivity index (χ1n) is 6.06. The number of carbonyl (C=O) groups excluding carboxylic acids is 1. The number of hydrogen-bond donors (Lipinski definition) is 0. The van der Waals surface area contributed by atoms with Crippen LogP contribution < -0.4 is 0 Å². The number of benzene rings is 1. The van der Waals surface area contributed by atoms with Gasteiger partial charge in [0.05, 0.1) is 6.07 Å². The predicted octanol–water partition coefficient (Wildman–Crippen LogP) is 3.11. The van der Waals surface area contributed by atoms with Gasteiger partial charge in [-0.1, -0.05) is 38.1 Å². The number of nitriles is 1. The van der Waals surface area contributed by atoms with Gasteiger partial charge in [0.15, 0.2) is 0 Å². The Morgan fingerprint density at radius 2 is 2.06 bits per heavy atom. The van der Waals surface area contributed by atoms with E-state index in [1.54, 1.807) is 4.90 Å². The molecule has 3 heteroatoms. The lowest BCUT2D eigenvalue weighted by Crippen LogP contribution is -2.37. The van der Waals surface area contributed by atoms with Crippen molar-refractivity contribution < 1.29 is 4.79 Å². The summed E-state index contributed by atoms with van der Waals surface area (Å²) in [6.07, 6.45) is 1.96. The summed E-state index contributed by atoms with van der Waals surface area (Å²) >= 11 is 0. The lowest BCUT2D eigenvalue weighted by molar-refractivity contribution is -0.133. The normalized spacial score (nSPS) is 18.1. The molecule has 1 heterocycles. The van der Waals surface area contributed by atoms with E-state index in [2.05, 4.69) is 6.07 Å². The van der Waals surface area contributed by atoms with Crippen LogP contribution in [0.1, 0.15) is 37.9 Å². The maximum absolute atomic E-state index is 12.2. The highest BCUT2D eigenvalue weighted by Gasteiger charge is 2.32. The van der Waals surface area contributed by atoms with Crippen molar-refractivity contribution in [3.63, 3.8) is 0 Å². The van der Waals surface area contributed by atoms with Crippen molar-refractivity contribution in [3.8, 4) is 6.07 Å². The van der Waals surface area contributed by atoms with Crippen LogP contribution in [0.4, 0.5) is 0 Å². The Balaban J connectivity index is 2.53. The fraction of sp³-hybridized carbons (Fsp3) is 0.333. The zero-order valence-corrected chi connectivity index (χ0v) is 10.8. The number of hydrogen-bond acceptors (Lipinski definition) is 2. The molecule has 1 aromatic rings. The number of amides is 1. The van der Waals surface area contributed by atoms with E-state index in [1.165, 1.54) is 0 Å². The first-order chi connectivity index (χ1) is 8.56. The molecule has 2 rings (SSSR count). The number of fused-ring (bicyclic) bond motifs is 1. The summed E-state index contributed by atoms with van der Waals surface area (Å²) in [5, 5.41) is 9.39. The second kappa shape index (κ2) is 4.66. The molecule has 0 radical (unpaired) electrons. The van der Waals surface area contributed by atoms with Gasteiger partial charge in [0.1, 0.15) is 6.04 Å². The second-order valence-electron chi connectivity index (χ2n) is 4.81. The van der Waals surface area contributed by atoms with Crippen molar-refractivity contribution in [1.29, 1.82) is 5.26 Å². The number of allylic oxidation sites excluding steroid dienone is 1. The van der Waals surface area contributed by atoms with Gasteiger partial charge in [-0.05, 0) is 24.1 Å². The second-order valence-corrected chi connectivity index (χ2v) is 4.81. The maximum atomic E-state index is 12.2. The number of rotatable bonds is 1. The van der Waals surface area contributed by atoms with E-state index in [-0.39, 0.29) is 11.8 Å². The number of nitrogens with zero attached hydrogens (tertiary/aromatic N) is 2. The Morgan fingerprint density at radius 1 is 1.39 bits per heavy atom. The molecule has 0 aromatic heterocycles. The van der Waals surface area contributed by atoms with Gasteiger partial charge >= 0.3 is 0 Å². The zero-order chi connectivity index (χ0) is 13.3. The topological polar surface area (TPSA) is 44.1 Å². The van der Waals surface area contributed by atoms with Gasteiger partial charge in [-0.2, -0.15) is 5.26 Å². The monoisotopic (exact) mass is 240 g/mol. The summed E-state index contributed by atoms with van der Waals surface area (Å²) < 4.78 is 0. The molecule has 1 aromatic carbocycles. The highest BCUT2D eigenvalue weighted by molar-refractivity contribution is 5.83. The molecular weight excluding hydrogens is 224 g/mol. The van der Waals surface area contributed by atoms with Gasteiger partial charge in [0.2, 0.25) is 5.91 Å². The van der Waals surface area contributed by atoms with E-state index < -0.39 is 6.04 Å². The fourth-order valence-corrected chi connectivity index (χ4v) is 2.24. The van der Waals surface area contributed by atoms with Gasteiger partial charge in [-0.15, -0.1) is 0 Å². The van der Waals surface area contributed by atoms with Gasteiger partial charge in [-0.3, -0.25) is 9.69 Å². The summed E-state index contributed by atoms with van der Waals surface area (Å²) in [6, 6.07) is 9.45. The molecule has 92 valence electrons. The summed E-state index contributed by atoms with van der Waals surface area (Å²) in [4.78, 5) is 13.8. The summed E-state index contributed by atoms with van der Waals surface area (Å²) in [5.41, 5.74) is 2.76. The van der Waals surface area contributed by atoms with Crippen molar-refractivity contribution >= 4 is 12.0 Å². The average molecular weight is 240 g/mol. The summed E-state index contributed by atoms with van der Waals surface area (Å²) in [6.45, 7) is 5.58. The molecule has 0 fully saturated rings. The minimum Gasteiger partial charge on any atom is -0.296 e. The third kappa shape index (κ3) is 1.91. The molecule has 1 atom stereocenters. The Bertz CT molecular complexity index is 552. The van der Waals surface area contributed by atoms with Crippen LogP contribution in [0.25, 0.3) is 6.08 Å². The molecule has 1 aliphatic rings. The van der Waals surface area contributed by atoms with Crippen LogP contribution in [0, 0.1) is 17.2 Å². The van der Waals surface area contributed by atoms with Crippen molar-refractivity contribution in [2.45, 2.75) is 26.8 Å². The van der Waals surface area contributed by atoms with Crippen LogP contribution in [0.2, 0.25) is 0 Å². The van der Waals surface area contributed by atoms with Gasteiger partial charge in [-0.25, -0.2) is 0 Å². The van der Waals surface area contributed by atoms with Crippen LogP contribution in [-0.4, -0.2) is 10.8 Å². The highest BCUT2D eigenvalue weighted by atomic mass is 16.2. The van der Waals surface area contributed by atoms with E-state index >= 15 is 0 Å². The zero-order valence-electron chi connectivity index (χ0n) is 10.8. The van der Waals surface area contributed by atoms with Gasteiger partial charge < -0.3 is 0 Å². The fourth-order valence-electron chi connectivity index (χ4n) is 2.24. The SMILES string of the molecule is CC1=Cc2ccccc2C(C#N)N1C(=O)C(C)C. The quantitative estimate of drug-likeness (QED) is 0.757. The van der Waals surface area contributed by atoms with Crippen molar-refractivity contribution in [1.82, 2.24) is 4.90 Å². The van der Waals surface area contributed by atoms with Crippen molar-refractivity contribution in [2.75, 3.05) is 0 Å². The van der Waals surface area contributed by atoms with Crippen LogP contribution in [0.15, 0.2) is 30.0 Å². The lowest BCUT2D eigenvalue weighted by Gasteiger charge is -2.33. The molecule has 0 saturated carbocycles. The Kier molecular flexibility index (Phi) is 3.20. The van der Waals surface area contributed by atoms with Crippen LogP contribution >= 0.6 is 0 Å². The molecule has 0 saturated heterocycles. The molecule has 1 aliphatic heterocycles. The maximum Gasteiger partial charge on any atom is 0.230 e. The Hall–Kier alpha value is -2.08. The van der Waals surface area contributed by atoms with Crippen LogP contribution in [-0.2, 0) is 4.79 Å². The van der Waals surface area contributed by atoms with Crippen LogP contribution in [0.3, 0.4) is 0 Å². The van der Waals surface area contributed by atoms with Crippen molar-refractivity contribution in [2.24, 2.45) is 5.92 Å². The molecule has 18 heavy (non-hydrogen) atoms. The first-order valence-corrected chi connectivity index (χ1v) is 6.06. The molecule has 1 amide bonds. The Labute approximate surface area is 107 Å². The minimum atomic E-state index is -0.513. The third-order valence-corrected chi connectivity index (χ3v) is 3.15. The highest BCUT2D eigenvalue weighted by Crippen LogP contribution is 2.34. The van der Waals surface area contributed by atoms with E-state index in [9.17, 15) is 10.1 Å². The molecular formula is C15H16N2O. The number of carbonyl (C=O) groups is 1. The largest absolute Gasteiger partial charge is 0.296 e. The van der Waals surface area contributed by atoms with Crippen LogP contribution in [0.5, 0.6) is 0 Å². The molecule has 1 unspecified atom stereocenters. The summed E-state index contributed by atoms with van der Waals surface area (Å²) in [5.74, 6) is -0.126. The van der Waals surface area contributed by atoms with Crippen molar-refractivity contribution in [3.05, 3.63) is 41.1 Å². The third-order valence-electron chi connectivity index (χ3n) is 3.15. The van der Waals surface area contributed by atoms with Gasteiger partial charge in [0, 0.05) is 11.6 Å². The standard InChI is InChI=1S/C15H16N2O/c1-10(2)15(18)17-11(3)8-12-6-4-5-7-13(12)14(17)9-16/h4-8,10,14H,1-3H3.